The Labute approximate surface area is 110 Å². The summed E-state index contributed by atoms with van der Waals surface area (Å²) in [5.74, 6) is 0. The second-order valence-corrected chi connectivity index (χ2v) is 4.81. The summed E-state index contributed by atoms with van der Waals surface area (Å²) < 4.78 is 1.87. The number of halogens is 2. The molecule has 17 heavy (non-hydrogen) atoms. The van der Waals surface area contributed by atoms with Gasteiger partial charge in [-0.2, -0.15) is 5.10 Å². The number of nitrogens with two attached hydrogens (primary N) is 1. The minimum absolute atomic E-state index is 0.554. The van der Waals surface area contributed by atoms with Crippen LogP contribution in [-0.4, -0.2) is 9.78 Å². The lowest BCUT2D eigenvalue weighted by Gasteiger charge is -2.06. The third kappa shape index (κ3) is 2.40. The van der Waals surface area contributed by atoms with Crippen molar-refractivity contribution in [3.63, 3.8) is 0 Å². The summed E-state index contributed by atoms with van der Waals surface area (Å²) in [6, 6.07) is 5.56. The number of hydrogen-bond acceptors (Lipinski definition) is 2. The molecule has 1 aromatic carbocycles. The highest BCUT2D eigenvalue weighted by molar-refractivity contribution is 6.42. The smallest absolute Gasteiger partial charge is 0.0826 e. The van der Waals surface area contributed by atoms with Crippen molar-refractivity contribution < 1.29 is 0 Å². The van der Waals surface area contributed by atoms with Crippen molar-refractivity contribution in [1.82, 2.24) is 9.78 Å². The predicted molar refractivity (Wildman–Crippen MR) is 71.7 cm³/mol. The van der Waals surface area contributed by atoms with Crippen LogP contribution in [0.15, 0.2) is 18.2 Å². The number of anilines is 1. The summed E-state index contributed by atoms with van der Waals surface area (Å²) in [4.78, 5) is 0. The van der Waals surface area contributed by atoms with E-state index < -0.39 is 0 Å². The summed E-state index contributed by atoms with van der Waals surface area (Å²) in [5.41, 5.74) is 9.48. The zero-order valence-corrected chi connectivity index (χ0v) is 11.2. The van der Waals surface area contributed by atoms with Crippen LogP contribution in [0.1, 0.15) is 17.0 Å². The van der Waals surface area contributed by atoms with Gasteiger partial charge in [0.15, 0.2) is 0 Å². The third-order valence-electron chi connectivity index (χ3n) is 2.75. The Morgan fingerprint density at radius 1 is 1.24 bits per heavy atom. The van der Waals surface area contributed by atoms with Gasteiger partial charge in [0.05, 0.1) is 33.7 Å². The lowest BCUT2D eigenvalue weighted by atomic mass is 10.2. The van der Waals surface area contributed by atoms with E-state index in [0.29, 0.717) is 16.6 Å². The first-order chi connectivity index (χ1) is 7.99. The fourth-order valence-corrected chi connectivity index (χ4v) is 2.00. The maximum atomic E-state index is 5.97. The average molecular weight is 270 g/mol. The van der Waals surface area contributed by atoms with E-state index in [1.165, 1.54) is 0 Å². The first kappa shape index (κ1) is 12.3. The van der Waals surface area contributed by atoms with Gasteiger partial charge in [-0.15, -0.1) is 0 Å². The Morgan fingerprint density at radius 3 is 2.47 bits per heavy atom. The topological polar surface area (TPSA) is 43.8 Å². The van der Waals surface area contributed by atoms with Crippen LogP contribution >= 0.6 is 23.2 Å². The molecule has 5 heteroatoms. The molecular formula is C12H13Cl2N3. The van der Waals surface area contributed by atoms with E-state index in [1.54, 1.807) is 6.07 Å². The molecule has 0 aliphatic rings. The SMILES string of the molecule is Cc1nn(Cc2ccc(Cl)c(Cl)c2)c(C)c1N. The lowest BCUT2D eigenvalue weighted by molar-refractivity contribution is 0.659. The molecule has 3 nitrogen and oxygen atoms in total. The molecule has 0 saturated heterocycles. The van der Waals surface area contributed by atoms with Crippen LogP contribution in [0.2, 0.25) is 10.0 Å². The molecule has 90 valence electrons. The number of hydrogen-bond donors (Lipinski definition) is 1. The van der Waals surface area contributed by atoms with Crippen LogP contribution in [0.4, 0.5) is 5.69 Å². The zero-order valence-electron chi connectivity index (χ0n) is 9.67. The quantitative estimate of drug-likeness (QED) is 0.908. The van der Waals surface area contributed by atoms with Crippen molar-refractivity contribution in [2.24, 2.45) is 0 Å². The fraction of sp³-hybridized carbons (Fsp3) is 0.250. The molecule has 2 N–H and O–H groups in total. The van der Waals surface area contributed by atoms with Crippen LogP contribution in [0, 0.1) is 13.8 Å². The second-order valence-electron chi connectivity index (χ2n) is 3.99. The standard InChI is InChI=1S/C12H13Cl2N3/c1-7-12(15)8(2)17(16-7)6-9-3-4-10(13)11(14)5-9/h3-5H,6,15H2,1-2H3. The van der Waals surface area contributed by atoms with E-state index in [9.17, 15) is 0 Å². The molecular weight excluding hydrogens is 257 g/mol. The zero-order chi connectivity index (χ0) is 12.6. The number of aryl methyl sites for hydroxylation is 1. The van der Waals surface area contributed by atoms with Gasteiger partial charge in [-0.1, -0.05) is 29.3 Å². The van der Waals surface area contributed by atoms with Gasteiger partial charge in [-0.05, 0) is 31.5 Å². The molecule has 0 aliphatic carbocycles. The monoisotopic (exact) mass is 269 g/mol. The number of aromatic nitrogens is 2. The van der Waals surface area contributed by atoms with Crippen molar-refractivity contribution in [1.29, 1.82) is 0 Å². The highest BCUT2D eigenvalue weighted by atomic mass is 35.5. The van der Waals surface area contributed by atoms with E-state index in [-0.39, 0.29) is 0 Å². The summed E-state index contributed by atoms with van der Waals surface area (Å²) in [6.07, 6.45) is 0. The maximum Gasteiger partial charge on any atom is 0.0826 e. The van der Waals surface area contributed by atoms with Crippen LogP contribution in [-0.2, 0) is 6.54 Å². The maximum absolute atomic E-state index is 5.97. The molecule has 0 unspecified atom stereocenters. The van der Waals surface area contributed by atoms with Gasteiger partial charge in [0.2, 0.25) is 0 Å². The predicted octanol–water partition coefficient (Wildman–Crippen LogP) is 3.44. The Morgan fingerprint density at radius 2 is 1.94 bits per heavy atom. The summed E-state index contributed by atoms with van der Waals surface area (Å²) in [7, 11) is 0. The van der Waals surface area contributed by atoms with Crippen LogP contribution < -0.4 is 5.73 Å². The van der Waals surface area contributed by atoms with Crippen molar-refractivity contribution in [3.05, 3.63) is 45.2 Å². The van der Waals surface area contributed by atoms with Crippen LogP contribution in [0.3, 0.4) is 0 Å². The molecule has 1 aromatic heterocycles. The van der Waals surface area contributed by atoms with Gasteiger partial charge in [0.25, 0.3) is 0 Å². The summed E-state index contributed by atoms with van der Waals surface area (Å²) >= 11 is 11.8. The molecule has 2 aromatic rings. The van der Waals surface area contributed by atoms with Gasteiger partial charge in [-0.25, -0.2) is 0 Å². The molecule has 2 rings (SSSR count). The van der Waals surface area contributed by atoms with Crippen molar-refractivity contribution in [2.45, 2.75) is 20.4 Å². The molecule has 0 radical (unpaired) electrons. The third-order valence-corrected chi connectivity index (χ3v) is 3.49. The van der Waals surface area contributed by atoms with E-state index in [1.807, 2.05) is 30.7 Å². The summed E-state index contributed by atoms with van der Waals surface area (Å²) in [6.45, 7) is 4.49. The molecule has 0 atom stereocenters. The van der Waals surface area contributed by atoms with Crippen molar-refractivity contribution >= 4 is 28.9 Å². The van der Waals surface area contributed by atoms with Crippen LogP contribution in [0.5, 0.6) is 0 Å². The number of nitrogens with zero attached hydrogens (tertiary/aromatic N) is 2. The van der Waals surface area contributed by atoms with Gasteiger partial charge in [0, 0.05) is 0 Å². The Kier molecular flexibility index (Phi) is 3.31. The average Bonchev–Trinajstić information content (AvgIpc) is 2.52. The molecule has 1 heterocycles. The van der Waals surface area contributed by atoms with Crippen LogP contribution in [0.25, 0.3) is 0 Å². The van der Waals surface area contributed by atoms with E-state index in [4.69, 9.17) is 28.9 Å². The van der Waals surface area contributed by atoms with Crippen molar-refractivity contribution in [3.8, 4) is 0 Å². The lowest BCUT2D eigenvalue weighted by Crippen LogP contribution is -2.04. The minimum atomic E-state index is 0.554. The van der Waals surface area contributed by atoms with E-state index in [2.05, 4.69) is 5.10 Å². The van der Waals surface area contributed by atoms with Gasteiger partial charge >= 0.3 is 0 Å². The minimum Gasteiger partial charge on any atom is -0.396 e. The van der Waals surface area contributed by atoms with Gasteiger partial charge in [0.1, 0.15) is 0 Å². The number of benzene rings is 1. The van der Waals surface area contributed by atoms with E-state index in [0.717, 1.165) is 22.6 Å². The largest absolute Gasteiger partial charge is 0.396 e. The van der Waals surface area contributed by atoms with Gasteiger partial charge in [-0.3, -0.25) is 4.68 Å². The van der Waals surface area contributed by atoms with E-state index >= 15 is 0 Å². The normalized spacial score (nSPS) is 10.8. The fourth-order valence-electron chi connectivity index (χ4n) is 1.68. The first-order valence-electron chi connectivity index (χ1n) is 5.22. The van der Waals surface area contributed by atoms with Gasteiger partial charge < -0.3 is 5.73 Å². The first-order valence-corrected chi connectivity index (χ1v) is 5.98. The second kappa shape index (κ2) is 4.59. The number of rotatable bonds is 2. The molecule has 0 aliphatic heterocycles. The molecule has 0 fully saturated rings. The number of nitrogen functional groups attached to an aromatic ring is 1. The Bertz CT molecular complexity index is 561. The molecule has 0 spiro atoms. The highest BCUT2D eigenvalue weighted by Crippen LogP contribution is 2.24. The Balaban J connectivity index is 2.31. The molecule has 0 bridgehead atoms. The highest BCUT2D eigenvalue weighted by Gasteiger charge is 2.08. The molecule has 0 saturated carbocycles. The van der Waals surface area contributed by atoms with Crippen molar-refractivity contribution in [2.75, 3.05) is 5.73 Å². The summed E-state index contributed by atoms with van der Waals surface area (Å²) in [5, 5.41) is 5.49. The Hall–Kier alpha value is -1.19. The molecule has 0 amide bonds.